The number of carboxylic acid groups (broad SMARTS) is 1. The molecule has 0 radical (unpaired) electrons. The minimum Gasteiger partial charge on any atom is -0.478 e. The van der Waals surface area contributed by atoms with Gasteiger partial charge in [0.1, 0.15) is 5.82 Å². The molecular weight excluding hydrogens is 299 g/mol. The second-order valence-electron chi connectivity index (χ2n) is 4.19. The van der Waals surface area contributed by atoms with E-state index in [1.807, 2.05) is 0 Å². The van der Waals surface area contributed by atoms with E-state index in [4.69, 9.17) is 22.4 Å². The largest absolute Gasteiger partial charge is 0.478 e. The quantitative estimate of drug-likeness (QED) is 0.760. The van der Waals surface area contributed by atoms with E-state index in [9.17, 15) is 14.0 Å². The van der Waals surface area contributed by atoms with Crippen molar-refractivity contribution in [3.05, 3.63) is 58.4 Å². The van der Waals surface area contributed by atoms with Gasteiger partial charge in [-0.25, -0.2) is 9.18 Å². The molecule has 2 aromatic carbocycles. The lowest BCUT2D eigenvalue weighted by Gasteiger charge is -2.10. The smallest absolute Gasteiger partial charge is 0.337 e. The molecule has 0 unspecified atom stereocenters. The fourth-order valence-corrected chi connectivity index (χ4v) is 1.88. The number of hydrogen-bond acceptors (Lipinski definition) is 3. The highest BCUT2D eigenvalue weighted by Crippen LogP contribution is 2.22. The molecule has 5 nitrogen and oxygen atoms in total. The average molecular weight is 309 g/mol. The van der Waals surface area contributed by atoms with Crippen LogP contribution >= 0.6 is 11.6 Å². The maximum absolute atomic E-state index is 13.7. The third-order valence-corrected chi connectivity index (χ3v) is 2.93. The van der Waals surface area contributed by atoms with Crippen molar-refractivity contribution in [3.63, 3.8) is 0 Å². The van der Waals surface area contributed by atoms with Crippen molar-refractivity contribution in [2.45, 2.75) is 0 Å². The number of aromatic carboxylic acids is 1. The predicted octanol–water partition coefficient (Wildman–Crippen LogP) is 3.01. The first-order valence-corrected chi connectivity index (χ1v) is 6.15. The number of halogens is 2. The van der Waals surface area contributed by atoms with Gasteiger partial charge in [-0.3, -0.25) is 4.79 Å². The molecule has 21 heavy (non-hydrogen) atoms. The molecule has 0 saturated carbocycles. The van der Waals surface area contributed by atoms with E-state index in [0.29, 0.717) is 0 Å². The molecule has 2 rings (SSSR count). The lowest BCUT2D eigenvalue weighted by atomic mass is 10.1. The summed E-state index contributed by atoms with van der Waals surface area (Å²) < 4.78 is 13.7. The van der Waals surface area contributed by atoms with Crippen molar-refractivity contribution in [1.82, 2.24) is 0 Å². The van der Waals surface area contributed by atoms with E-state index in [0.717, 1.165) is 6.07 Å². The summed E-state index contributed by atoms with van der Waals surface area (Å²) in [6, 6.07) is 7.49. The molecule has 1 amide bonds. The number of nitrogens with one attached hydrogen (secondary N) is 1. The molecule has 2 aromatic rings. The maximum atomic E-state index is 13.7. The number of carbonyl (C=O) groups excluding carboxylic acids is 1. The second kappa shape index (κ2) is 5.80. The van der Waals surface area contributed by atoms with Crippen LogP contribution in [0.15, 0.2) is 36.4 Å². The fourth-order valence-electron chi connectivity index (χ4n) is 1.71. The standard InChI is InChI=1S/C14H10ClFN2O3/c15-7-1-3-10(14(20)21)12(5-7)18-13(19)9-4-2-8(17)6-11(9)16/h1-6H,17H2,(H,18,19)(H,20,21). The van der Waals surface area contributed by atoms with Gasteiger partial charge in [0.05, 0.1) is 16.8 Å². The topological polar surface area (TPSA) is 92.4 Å². The van der Waals surface area contributed by atoms with Crippen molar-refractivity contribution >= 4 is 34.9 Å². The Labute approximate surface area is 124 Å². The van der Waals surface area contributed by atoms with Crippen molar-refractivity contribution in [1.29, 1.82) is 0 Å². The molecule has 108 valence electrons. The van der Waals surface area contributed by atoms with E-state index < -0.39 is 17.7 Å². The highest BCUT2D eigenvalue weighted by Gasteiger charge is 2.16. The minimum atomic E-state index is -1.24. The molecule has 0 spiro atoms. The molecule has 0 aliphatic rings. The Hall–Kier alpha value is -2.60. The van der Waals surface area contributed by atoms with Crippen molar-refractivity contribution in [2.75, 3.05) is 11.1 Å². The van der Waals surface area contributed by atoms with Crippen LogP contribution < -0.4 is 11.1 Å². The lowest BCUT2D eigenvalue weighted by molar-refractivity contribution is 0.0698. The van der Waals surface area contributed by atoms with Gasteiger partial charge in [-0.05, 0) is 36.4 Å². The molecule has 4 N–H and O–H groups in total. The second-order valence-corrected chi connectivity index (χ2v) is 4.62. The Bertz CT molecular complexity index is 734. The zero-order valence-corrected chi connectivity index (χ0v) is 11.3. The van der Waals surface area contributed by atoms with Crippen LogP contribution in [0, 0.1) is 5.82 Å². The zero-order valence-electron chi connectivity index (χ0n) is 10.6. The van der Waals surface area contributed by atoms with Crippen LogP contribution in [0.1, 0.15) is 20.7 Å². The summed E-state index contributed by atoms with van der Waals surface area (Å²) in [7, 11) is 0. The number of nitrogens with two attached hydrogens (primary N) is 1. The van der Waals surface area contributed by atoms with E-state index in [1.165, 1.54) is 30.3 Å². The first-order valence-electron chi connectivity index (χ1n) is 5.77. The molecule has 7 heteroatoms. The number of benzene rings is 2. The normalized spacial score (nSPS) is 10.2. The van der Waals surface area contributed by atoms with Gasteiger partial charge in [0.15, 0.2) is 0 Å². The number of amides is 1. The first kappa shape index (κ1) is 14.8. The number of carboxylic acids is 1. The number of hydrogen-bond donors (Lipinski definition) is 3. The summed E-state index contributed by atoms with van der Waals surface area (Å²) in [6.45, 7) is 0. The highest BCUT2D eigenvalue weighted by molar-refractivity contribution is 6.31. The molecule has 0 fully saturated rings. The van der Waals surface area contributed by atoms with E-state index >= 15 is 0 Å². The maximum Gasteiger partial charge on any atom is 0.337 e. The lowest BCUT2D eigenvalue weighted by Crippen LogP contribution is -2.16. The Morgan fingerprint density at radius 1 is 1.14 bits per heavy atom. The van der Waals surface area contributed by atoms with Gasteiger partial charge in [0, 0.05) is 10.7 Å². The zero-order chi connectivity index (χ0) is 15.6. The summed E-state index contributed by atoms with van der Waals surface area (Å²) in [5.41, 5.74) is 5.16. The number of anilines is 2. The van der Waals surface area contributed by atoms with Gasteiger partial charge >= 0.3 is 5.97 Å². The van der Waals surface area contributed by atoms with Crippen LogP contribution in [-0.2, 0) is 0 Å². The molecule has 0 aliphatic heterocycles. The van der Waals surface area contributed by atoms with Crippen LogP contribution in [-0.4, -0.2) is 17.0 Å². The van der Waals surface area contributed by atoms with Crippen molar-refractivity contribution in [2.24, 2.45) is 0 Å². The molecule has 0 atom stereocenters. The summed E-state index contributed by atoms with van der Waals surface area (Å²) in [6.07, 6.45) is 0. The Kier molecular flexibility index (Phi) is 4.09. The Morgan fingerprint density at radius 3 is 2.43 bits per heavy atom. The van der Waals surface area contributed by atoms with Crippen LogP contribution in [0.4, 0.5) is 15.8 Å². The summed E-state index contributed by atoms with van der Waals surface area (Å²) in [4.78, 5) is 23.1. The Morgan fingerprint density at radius 2 is 1.81 bits per heavy atom. The molecule has 0 heterocycles. The van der Waals surface area contributed by atoms with Crippen LogP contribution in [0.5, 0.6) is 0 Å². The van der Waals surface area contributed by atoms with Crippen LogP contribution in [0.3, 0.4) is 0 Å². The van der Waals surface area contributed by atoms with Gasteiger partial charge in [-0.1, -0.05) is 11.6 Å². The molecule has 0 saturated heterocycles. The van der Waals surface area contributed by atoms with Gasteiger partial charge in [-0.15, -0.1) is 0 Å². The average Bonchev–Trinajstić information content (AvgIpc) is 2.37. The van der Waals surface area contributed by atoms with Gasteiger partial charge in [-0.2, -0.15) is 0 Å². The minimum absolute atomic E-state index is 0.0174. The Balaban J connectivity index is 2.35. The van der Waals surface area contributed by atoms with Gasteiger partial charge in [0.25, 0.3) is 5.91 Å². The summed E-state index contributed by atoms with van der Waals surface area (Å²) in [5.74, 6) is -2.83. The van der Waals surface area contributed by atoms with E-state index in [2.05, 4.69) is 5.32 Å². The molecular formula is C14H10ClFN2O3. The van der Waals surface area contributed by atoms with Gasteiger partial charge < -0.3 is 16.2 Å². The molecule has 0 aliphatic carbocycles. The summed E-state index contributed by atoms with van der Waals surface area (Å²) >= 11 is 5.77. The number of rotatable bonds is 3. The number of carbonyl (C=O) groups is 2. The molecule has 0 aromatic heterocycles. The highest BCUT2D eigenvalue weighted by atomic mass is 35.5. The van der Waals surface area contributed by atoms with Crippen LogP contribution in [0.2, 0.25) is 5.02 Å². The SMILES string of the molecule is Nc1ccc(C(=O)Nc2cc(Cl)ccc2C(=O)O)c(F)c1. The third kappa shape index (κ3) is 3.29. The van der Waals surface area contributed by atoms with E-state index in [1.54, 1.807) is 0 Å². The number of nitrogen functional groups attached to an aromatic ring is 1. The van der Waals surface area contributed by atoms with E-state index in [-0.39, 0.29) is 27.5 Å². The third-order valence-electron chi connectivity index (χ3n) is 2.70. The first-order chi connectivity index (χ1) is 9.88. The fraction of sp³-hybridized carbons (Fsp3) is 0. The van der Waals surface area contributed by atoms with Gasteiger partial charge in [0.2, 0.25) is 0 Å². The van der Waals surface area contributed by atoms with Crippen molar-refractivity contribution < 1.29 is 19.1 Å². The molecule has 0 bridgehead atoms. The van der Waals surface area contributed by atoms with Crippen molar-refractivity contribution in [3.8, 4) is 0 Å². The van der Waals surface area contributed by atoms with Crippen LogP contribution in [0.25, 0.3) is 0 Å². The predicted molar refractivity (Wildman–Crippen MR) is 77.2 cm³/mol. The monoisotopic (exact) mass is 308 g/mol. The summed E-state index contributed by atoms with van der Waals surface area (Å²) in [5, 5.41) is 11.6.